The van der Waals surface area contributed by atoms with Crippen molar-refractivity contribution in [2.45, 2.75) is 25.0 Å². The van der Waals surface area contributed by atoms with Crippen molar-refractivity contribution in [2.75, 3.05) is 5.32 Å². The SMILES string of the molecule is c1ccc2c(c1)NC1CC(C1)O2. The van der Waals surface area contributed by atoms with Gasteiger partial charge in [0.2, 0.25) is 0 Å². The van der Waals surface area contributed by atoms with E-state index in [-0.39, 0.29) is 0 Å². The molecule has 1 aromatic carbocycles. The van der Waals surface area contributed by atoms with Crippen molar-refractivity contribution in [3.05, 3.63) is 24.3 Å². The van der Waals surface area contributed by atoms with Gasteiger partial charge in [0.15, 0.2) is 0 Å². The van der Waals surface area contributed by atoms with Gasteiger partial charge in [0.25, 0.3) is 0 Å². The Morgan fingerprint density at radius 2 is 2.08 bits per heavy atom. The topological polar surface area (TPSA) is 21.3 Å². The van der Waals surface area contributed by atoms with Crippen LogP contribution in [0.25, 0.3) is 0 Å². The third-order valence-electron chi connectivity index (χ3n) is 2.64. The van der Waals surface area contributed by atoms with E-state index in [4.69, 9.17) is 4.74 Å². The standard InChI is InChI=1S/C10H11NO/c1-2-4-10-9(3-1)11-7-5-8(6-7)12-10/h1-4,7-8,11H,5-6H2. The first-order chi connectivity index (χ1) is 5.92. The number of nitrogens with one attached hydrogen (secondary N) is 1. The average Bonchev–Trinajstić information content (AvgIpc) is 2.29. The van der Waals surface area contributed by atoms with Crippen LogP contribution in [0.4, 0.5) is 5.69 Å². The van der Waals surface area contributed by atoms with Crippen molar-refractivity contribution >= 4 is 5.69 Å². The average molecular weight is 161 g/mol. The number of benzene rings is 1. The Hall–Kier alpha value is -1.18. The fourth-order valence-electron chi connectivity index (χ4n) is 1.87. The summed E-state index contributed by atoms with van der Waals surface area (Å²) in [7, 11) is 0. The van der Waals surface area contributed by atoms with E-state index < -0.39 is 0 Å². The Labute approximate surface area is 71.5 Å². The molecule has 0 unspecified atom stereocenters. The predicted octanol–water partition coefficient (Wildman–Crippen LogP) is 2.02. The van der Waals surface area contributed by atoms with Crippen molar-refractivity contribution in [3.63, 3.8) is 0 Å². The third kappa shape index (κ3) is 0.809. The highest BCUT2D eigenvalue weighted by atomic mass is 16.5. The molecule has 2 aliphatic heterocycles. The third-order valence-corrected chi connectivity index (χ3v) is 2.64. The molecule has 2 heterocycles. The Morgan fingerprint density at radius 3 is 3.00 bits per heavy atom. The number of rotatable bonds is 0. The summed E-state index contributed by atoms with van der Waals surface area (Å²) in [5.41, 5.74) is 1.16. The maximum atomic E-state index is 5.76. The lowest BCUT2D eigenvalue weighted by molar-refractivity contribution is 0.118. The fourth-order valence-corrected chi connectivity index (χ4v) is 1.87. The van der Waals surface area contributed by atoms with Gasteiger partial charge in [0.05, 0.1) is 5.69 Å². The molecule has 1 aliphatic carbocycles. The zero-order chi connectivity index (χ0) is 7.97. The molecular weight excluding hydrogens is 150 g/mol. The van der Waals surface area contributed by atoms with Gasteiger partial charge in [-0.25, -0.2) is 0 Å². The van der Waals surface area contributed by atoms with Gasteiger partial charge in [-0.1, -0.05) is 12.1 Å². The first kappa shape index (κ1) is 6.35. The molecule has 62 valence electrons. The molecule has 2 nitrogen and oxygen atoms in total. The van der Waals surface area contributed by atoms with Gasteiger partial charge in [0, 0.05) is 18.9 Å². The lowest BCUT2D eigenvalue weighted by Crippen LogP contribution is -2.39. The monoisotopic (exact) mass is 161 g/mol. The first-order valence-corrected chi connectivity index (χ1v) is 4.44. The molecule has 0 saturated heterocycles. The minimum absolute atomic E-state index is 0.464. The van der Waals surface area contributed by atoms with Crippen molar-refractivity contribution in [1.82, 2.24) is 0 Å². The zero-order valence-electron chi connectivity index (χ0n) is 6.79. The molecule has 1 N–H and O–H groups in total. The molecule has 0 radical (unpaired) electrons. The van der Waals surface area contributed by atoms with Crippen LogP contribution in [0, 0.1) is 0 Å². The minimum atomic E-state index is 0.464. The van der Waals surface area contributed by atoms with E-state index in [2.05, 4.69) is 11.4 Å². The van der Waals surface area contributed by atoms with Crippen molar-refractivity contribution < 1.29 is 4.74 Å². The number of para-hydroxylation sites is 2. The highest BCUT2D eigenvalue weighted by Crippen LogP contribution is 2.37. The van der Waals surface area contributed by atoms with Crippen LogP contribution in [-0.4, -0.2) is 12.1 Å². The second-order valence-corrected chi connectivity index (χ2v) is 3.55. The van der Waals surface area contributed by atoms with Crippen molar-refractivity contribution in [3.8, 4) is 5.75 Å². The molecule has 12 heavy (non-hydrogen) atoms. The number of ether oxygens (including phenoxy) is 1. The van der Waals surface area contributed by atoms with Crippen LogP contribution in [0.3, 0.4) is 0 Å². The van der Waals surface area contributed by atoms with Gasteiger partial charge in [-0.15, -0.1) is 0 Å². The number of hydrogen-bond acceptors (Lipinski definition) is 2. The molecule has 0 atom stereocenters. The molecule has 0 spiro atoms. The van der Waals surface area contributed by atoms with Gasteiger partial charge in [0.1, 0.15) is 11.9 Å². The van der Waals surface area contributed by atoms with Crippen LogP contribution in [0.5, 0.6) is 5.75 Å². The molecule has 1 aromatic rings. The summed E-state index contributed by atoms with van der Waals surface area (Å²) < 4.78 is 5.76. The second-order valence-electron chi connectivity index (χ2n) is 3.55. The molecule has 2 heteroatoms. The zero-order valence-corrected chi connectivity index (χ0v) is 6.79. The van der Waals surface area contributed by atoms with Crippen LogP contribution in [0.1, 0.15) is 12.8 Å². The van der Waals surface area contributed by atoms with Crippen LogP contribution >= 0.6 is 0 Å². The van der Waals surface area contributed by atoms with E-state index >= 15 is 0 Å². The summed E-state index contributed by atoms with van der Waals surface area (Å²) in [6, 6.07) is 8.82. The molecule has 0 aromatic heterocycles. The fraction of sp³-hybridized carbons (Fsp3) is 0.400. The van der Waals surface area contributed by atoms with Gasteiger partial charge < -0.3 is 10.1 Å². The highest BCUT2D eigenvalue weighted by Gasteiger charge is 2.34. The Balaban J connectivity index is 2.04. The predicted molar refractivity (Wildman–Crippen MR) is 47.5 cm³/mol. The normalized spacial score (nSPS) is 30.3. The van der Waals surface area contributed by atoms with Gasteiger partial charge in [-0.05, 0) is 12.1 Å². The minimum Gasteiger partial charge on any atom is -0.488 e. The molecule has 2 bridgehead atoms. The lowest BCUT2D eigenvalue weighted by Gasteiger charge is -2.31. The highest BCUT2D eigenvalue weighted by molar-refractivity contribution is 5.58. The number of hydrogen-bond donors (Lipinski definition) is 1. The first-order valence-electron chi connectivity index (χ1n) is 4.44. The molecule has 1 fully saturated rings. The van der Waals surface area contributed by atoms with E-state index in [0.717, 1.165) is 24.3 Å². The quantitative estimate of drug-likeness (QED) is 0.628. The Bertz CT molecular complexity index is 275. The molecule has 1 saturated carbocycles. The van der Waals surface area contributed by atoms with Gasteiger partial charge in [-0.3, -0.25) is 0 Å². The van der Waals surface area contributed by atoms with E-state index in [9.17, 15) is 0 Å². The summed E-state index contributed by atoms with van der Waals surface area (Å²) in [4.78, 5) is 0. The van der Waals surface area contributed by atoms with Crippen LogP contribution in [0.15, 0.2) is 24.3 Å². The molecule has 3 aliphatic rings. The van der Waals surface area contributed by atoms with Crippen molar-refractivity contribution in [2.24, 2.45) is 0 Å². The van der Waals surface area contributed by atoms with E-state index in [0.29, 0.717) is 12.1 Å². The van der Waals surface area contributed by atoms with Gasteiger partial charge >= 0.3 is 0 Å². The van der Waals surface area contributed by atoms with E-state index in [1.165, 1.54) is 0 Å². The van der Waals surface area contributed by atoms with Crippen LogP contribution < -0.4 is 10.1 Å². The molecule has 0 amide bonds. The maximum Gasteiger partial charge on any atom is 0.142 e. The lowest BCUT2D eigenvalue weighted by atomic mass is 9.90. The van der Waals surface area contributed by atoms with Crippen LogP contribution in [0.2, 0.25) is 0 Å². The summed E-state index contributed by atoms with van der Waals surface area (Å²) in [6.45, 7) is 0. The summed E-state index contributed by atoms with van der Waals surface area (Å²) in [5.74, 6) is 1.02. The summed E-state index contributed by atoms with van der Waals surface area (Å²) in [5, 5.41) is 3.46. The van der Waals surface area contributed by atoms with Crippen molar-refractivity contribution in [1.29, 1.82) is 0 Å². The number of anilines is 1. The van der Waals surface area contributed by atoms with Crippen LogP contribution in [-0.2, 0) is 0 Å². The summed E-state index contributed by atoms with van der Waals surface area (Å²) in [6.07, 6.45) is 2.79. The Kier molecular flexibility index (Phi) is 1.14. The second kappa shape index (κ2) is 2.16. The molecular formula is C10H11NO. The Morgan fingerprint density at radius 1 is 1.25 bits per heavy atom. The largest absolute Gasteiger partial charge is 0.488 e. The van der Waals surface area contributed by atoms with Gasteiger partial charge in [-0.2, -0.15) is 0 Å². The van der Waals surface area contributed by atoms with E-state index in [1.54, 1.807) is 0 Å². The summed E-state index contributed by atoms with van der Waals surface area (Å²) >= 11 is 0. The molecule has 4 rings (SSSR count). The smallest absolute Gasteiger partial charge is 0.142 e. The van der Waals surface area contributed by atoms with E-state index in [1.807, 2.05) is 18.2 Å². The maximum absolute atomic E-state index is 5.76.